The molecule has 1 unspecified atom stereocenters. The lowest BCUT2D eigenvalue weighted by atomic mass is 9.98. The molecular weight excluding hydrogens is 218 g/mol. The standard InChI is InChI=1S/C12H25N3O2/c1-10(9-12(13)15-16)14-7-8-17-11-5-3-2-4-6-11/h10-11,14,16H,2-9H2,1H3,(H2,13,15). The van der Waals surface area contributed by atoms with E-state index in [-0.39, 0.29) is 11.9 Å². The van der Waals surface area contributed by atoms with Crippen LogP contribution in [0.4, 0.5) is 0 Å². The summed E-state index contributed by atoms with van der Waals surface area (Å²) in [5, 5.41) is 14.7. The molecule has 1 saturated carbocycles. The molecule has 0 aliphatic heterocycles. The van der Waals surface area contributed by atoms with Gasteiger partial charge in [0.25, 0.3) is 0 Å². The Kier molecular flexibility index (Phi) is 6.96. The maximum atomic E-state index is 8.44. The average Bonchev–Trinajstić information content (AvgIpc) is 2.36. The van der Waals surface area contributed by atoms with Crippen LogP contribution >= 0.6 is 0 Å². The van der Waals surface area contributed by atoms with Crippen LogP contribution in [-0.2, 0) is 4.74 Å². The molecule has 100 valence electrons. The van der Waals surface area contributed by atoms with E-state index in [4.69, 9.17) is 15.7 Å². The summed E-state index contributed by atoms with van der Waals surface area (Å²) in [4.78, 5) is 0. The summed E-state index contributed by atoms with van der Waals surface area (Å²) >= 11 is 0. The Balaban J connectivity index is 1.99. The molecule has 0 radical (unpaired) electrons. The lowest BCUT2D eigenvalue weighted by Crippen LogP contribution is -2.34. The second-order valence-electron chi connectivity index (χ2n) is 4.78. The van der Waals surface area contributed by atoms with Gasteiger partial charge in [0.1, 0.15) is 5.84 Å². The second kappa shape index (κ2) is 8.31. The van der Waals surface area contributed by atoms with Gasteiger partial charge in [0.05, 0.1) is 12.7 Å². The van der Waals surface area contributed by atoms with E-state index in [9.17, 15) is 0 Å². The third kappa shape index (κ3) is 6.48. The molecule has 0 aromatic rings. The number of nitrogens with two attached hydrogens (primary N) is 1. The van der Waals surface area contributed by atoms with Gasteiger partial charge in [-0.05, 0) is 19.8 Å². The number of amidine groups is 1. The Morgan fingerprint density at radius 3 is 2.82 bits per heavy atom. The molecule has 1 fully saturated rings. The Bertz CT molecular complexity index is 228. The van der Waals surface area contributed by atoms with Crippen molar-refractivity contribution < 1.29 is 9.94 Å². The van der Waals surface area contributed by atoms with Gasteiger partial charge in [-0.1, -0.05) is 24.4 Å². The molecule has 17 heavy (non-hydrogen) atoms. The molecule has 0 aromatic heterocycles. The summed E-state index contributed by atoms with van der Waals surface area (Å²) < 4.78 is 5.79. The zero-order valence-corrected chi connectivity index (χ0v) is 10.7. The lowest BCUT2D eigenvalue weighted by Gasteiger charge is -2.22. The third-order valence-electron chi connectivity index (χ3n) is 3.14. The number of hydrogen-bond acceptors (Lipinski definition) is 4. The predicted molar refractivity (Wildman–Crippen MR) is 68.3 cm³/mol. The van der Waals surface area contributed by atoms with Gasteiger partial charge >= 0.3 is 0 Å². The van der Waals surface area contributed by atoms with Gasteiger partial charge in [-0.2, -0.15) is 0 Å². The van der Waals surface area contributed by atoms with Crippen LogP contribution in [0.2, 0.25) is 0 Å². The molecule has 0 heterocycles. The Labute approximate surface area is 103 Å². The van der Waals surface area contributed by atoms with Gasteiger partial charge in [-0.15, -0.1) is 0 Å². The van der Waals surface area contributed by atoms with Crippen LogP contribution < -0.4 is 11.1 Å². The van der Waals surface area contributed by atoms with Crippen LogP contribution in [-0.4, -0.2) is 36.3 Å². The molecule has 5 nitrogen and oxygen atoms in total. The van der Waals surface area contributed by atoms with Gasteiger partial charge in [0.2, 0.25) is 0 Å². The molecular formula is C12H25N3O2. The van der Waals surface area contributed by atoms with Gasteiger partial charge in [-0.25, -0.2) is 0 Å². The smallest absolute Gasteiger partial charge is 0.140 e. The fourth-order valence-corrected chi connectivity index (χ4v) is 2.19. The van der Waals surface area contributed by atoms with Crippen LogP contribution in [0.15, 0.2) is 5.16 Å². The van der Waals surface area contributed by atoms with Crippen LogP contribution in [0.25, 0.3) is 0 Å². The molecule has 5 heteroatoms. The molecule has 0 saturated heterocycles. The zero-order valence-electron chi connectivity index (χ0n) is 10.7. The average molecular weight is 243 g/mol. The van der Waals surface area contributed by atoms with Crippen molar-refractivity contribution in [3.63, 3.8) is 0 Å². The molecule has 0 spiro atoms. The minimum absolute atomic E-state index is 0.209. The minimum atomic E-state index is 0.209. The van der Waals surface area contributed by atoms with E-state index < -0.39 is 0 Å². The molecule has 1 atom stereocenters. The second-order valence-corrected chi connectivity index (χ2v) is 4.78. The fraction of sp³-hybridized carbons (Fsp3) is 0.917. The van der Waals surface area contributed by atoms with Crippen molar-refractivity contribution in [1.82, 2.24) is 5.32 Å². The quantitative estimate of drug-likeness (QED) is 0.208. The normalized spacial score (nSPS) is 20.4. The van der Waals surface area contributed by atoms with E-state index in [0.29, 0.717) is 12.5 Å². The van der Waals surface area contributed by atoms with Gasteiger partial charge in [0, 0.05) is 19.0 Å². The van der Waals surface area contributed by atoms with E-state index in [1.807, 2.05) is 6.92 Å². The highest BCUT2D eigenvalue weighted by molar-refractivity contribution is 5.80. The van der Waals surface area contributed by atoms with Crippen LogP contribution in [0.5, 0.6) is 0 Å². The highest BCUT2D eigenvalue weighted by Gasteiger charge is 2.13. The van der Waals surface area contributed by atoms with Crippen LogP contribution in [0.3, 0.4) is 0 Å². The summed E-state index contributed by atoms with van der Waals surface area (Å²) in [6, 6.07) is 0.209. The number of ether oxygens (including phenoxy) is 1. The molecule has 1 rings (SSSR count). The maximum Gasteiger partial charge on any atom is 0.140 e. The van der Waals surface area contributed by atoms with Crippen molar-refractivity contribution in [1.29, 1.82) is 0 Å². The van der Waals surface area contributed by atoms with E-state index in [0.717, 1.165) is 13.2 Å². The first-order valence-corrected chi connectivity index (χ1v) is 6.53. The number of oxime groups is 1. The Morgan fingerprint density at radius 1 is 1.47 bits per heavy atom. The van der Waals surface area contributed by atoms with E-state index in [2.05, 4.69) is 10.5 Å². The first-order valence-electron chi connectivity index (χ1n) is 6.53. The van der Waals surface area contributed by atoms with E-state index in [1.165, 1.54) is 32.1 Å². The minimum Gasteiger partial charge on any atom is -0.409 e. The van der Waals surface area contributed by atoms with E-state index in [1.54, 1.807) is 0 Å². The topological polar surface area (TPSA) is 79.9 Å². The van der Waals surface area contributed by atoms with Crippen molar-refractivity contribution in [2.24, 2.45) is 10.9 Å². The van der Waals surface area contributed by atoms with Crippen molar-refractivity contribution >= 4 is 5.84 Å². The molecule has 0 bridgehead atoms. The van der Waals surface area contributed by atoms with Crippen molar-refractivity contribution in [3.8, 4) is 0 Å². The SMILES string of the molecule is CC(CC(N)=NO)NCCOC1CCCCC1. The third-order valence-corrected chi connectivity index (χ3v) is 3.14. The molecule has 0 aromatic carbocycles. The molecule has 0 amide bonds. The molecule has 1 aliphatic rings. The van der Waals surface area contributed by atoms with E-state index >= 15 is 0 Å². The van der Waals surface area contributed by atoms with Crippen molar-refractivity contribution in [2.75, 3.05) is 13.2 Å². The first kappa shape index (κ1) is 14.3. The molecule has 1 aliphatic carbocycles. The lowest BCUT2D eigenvalue weighted by molar-refractivity contribution is 0.0296. The van der Waals surface area contributed by atoms with Crippen LogP contribution in [0.1, 0.15) is 45.4 Å². The molecule has 4 N–H and O–H groups in total. The first-order chi connectivity index (χ1) is 8.22. The fourth-order valence-electron chi connectivity index (χ4n) is 2.19. The van der Waals surface area contributed by atoms with Crippen LogP contribution in [0, 0.1) is 0 Å². The number of nitrogens with zero attached hydrogens (tertiary/aromatic N) is 1. The van der Waals surface area contributed by atoms with Gasteiger partial charge in [0.15, 0.2) is 0 Å². The maximum absolute atomic E-state index is 8.44. The number of rotatable bonds is 7. The summed E-state index contributed by atoms with van der Waals surface area (Å²) in [5.41, 5.74) is 5.42. The van der Waals surface area contributed by atoms with Gasteiger partial charge in [-0.3, -0.25) is 0 Å². The highest BCUT2D eigenvalue weighted by Crippen LogP contribution is 2.19. The monoisotopic (exact) mass is 243 g/mol. The van der Waals surface area contributed by atoms with Crippen molar-refractivity contribution in [3.05, 3.63) is 0 Å². The summed E-state index contributed by atoms with van der Waals surface area (Å²) in [6.07, 6.45) is 7.40. The predicted octanol–water partition coefficient (Wildman–Crippen LogP) is 1.45. The number of nitrogens with one attached hydrogen (secondary N) is 1. The zero-order chi connectivity index (χ0) is 12.5. The van der Waals surface area contributed by atoms with Gasteiger partial charge < -0.3 is 21.0 Å². The highest BCUT2D eigenvalue weighted by atomic mass is 16.5. The Morgan fingerprint density at radius 2 is 2.18 bits per heavy atom. The van der Waals surface area contributed by atoms with Crippen molar-refractivity contribution in [2.45, 2.75) is 57.6 Å². The summed E-state index contributed by atoms with van der Waals surface area (Å²) in [7, 11) is 0. The summed E-state index contributed by atoms with van der Waals surface area (Å²) in [6.45, 7) is 3.57. The largest absolute Gasteiger partial charge is 0.409 e. The number of hydrogen-bond donors (Lipinski definition) is 3. The Hall–Kier alpha value is -0.810. The summed E-state index contributed by atoms with van der Waals surface area (Å²) in [5.74, 6) is 0.262.